The molecule has 3 rings (SSSR count). The first-order valence-electron chi connectivity index (χ1n) is 7.16. The van der Waals surface area contributed by atoms with E-state index in [1.54, 1.807) is 0 Å². The van der Waals surface area contributed by atoms with Crippen molar-refractivity contribution < 1.29 is 0 Å². The molecule has 3 aromatic rings. The summed E-state index contributed by atoms with van der Waals surface area (Å²) in [4.78, 5) is 0. The van der Waals surface area contributed by atoms with Crippen LogP contribution in [0.1, 0.15) is 12.5 Å². The predicted octanol–water partition coefficient (Wildman–Crippen LogP) is 6.10. The highest BCUT2D eigenvalue weighted by Gasteiger charge is 2.02. The van der Waals surface area contributed by atoms with Crippen LogP contribution in [-0.4, -0.2) is 0 Å². The Balaban J connectivity index is 2.01. The molecule has 0 fully saturated rings. The summed E-state index contributed by atoms with van der Waals surface area (Å²) in [7, 11) is 0. The van der Waals surface area contributed by atoms with Crippen LogP contribution in [0, 0.1) is 0 Å². The molecule has 0 aromatic heterocycles. The van der Waals surface area contributed by atoms with Crippen LogP contribution < -0.4 is 0 Å². The molecule has 0 N–H and O–H groups in total. The number of rotatable bonds is 3. The third kappa shape index (κ3) is 2.95. The summed E-state index contributed by atoms with van der Waals surface area (Å²) in [6, 6.07) is 23.6. The molecular weight excluding hydrogens is 252 g/mol. The maximum atomic E-state index is 3.88. The Bertz CT molecular complexity index is 800. The summed E-state index contributed by atoms with van der Waals surface area (Å²) in [5.74, 6) is 0. The van der Waals surface area contributed by atoms with Crippen LogP contribution in [0.15, 0.2) is 85.0 Å². The van der Waals surface area contributed by atoms with Crippen LogP contribution in [0.4, 0.5) is 0 Å². The van der Waals surface area contributed by atoms with Crippen molar-refractivity contribution in [3.05, 3.63) is 90.5 Å². The molecule has 0 saturated heterocycles. The SMILES string of the molecule is C=C(C)C=Cc1ccc(-c2cccc3ccccc23)cc1. The van der Waals surface area contributed by atoms with Crippen LogP contribution in [-0.2, 0) is 0 Å². The van der Waals surface area contributed by atoms with E-state index in [1.165, 1.54) is 27.5 Å². The molecule has 0 aliphatic heterocycles. The van der Waals surface area contributed by atoms with E-state index in [9.17, 15) is 0 Å². The predicted molar refractivity (Wildman–Crippen MR) is 93.2 cm³/mol. The topological polar surface area (TPSA) is 0 Å². The van der Waals surface area contributed by atoms with Gasteiger partial charge in [0.05, 0.1) is 0 Å². The minimum Gasteiger partial charge on any atom is -0.0961 e. The normalized spacial score (nSPS) is 11.1. The molecule has 0 saturated carbocycles. The minimum absolute atomic E-state index is 1.06. The molecule has 3 aromatic carbocycles. The number of hydrogen-bond acceptors (Lipinski definition) is 0. The van der Waals surface area contributed by atoms with Gasteiger partial charge in [-0.05, 0) is 34.4 Å². The molecule has 0 aliphatic rings. The van der Waals surface area contributed by atoms with Gasteiger partial charge in [-0.2, -0.15) is 0 Å². The van der Waals surface area contributed by atoms with E-state index in [0.29, 0.717) is 0 Å². The average molecular weight is 270 g/mol. The van der Waals surface area contributed by atoms with Crippen LogP contribution in [0.5, 0.6) is 0 Å². The van der Waals surface area contributed by atoms with Crippen LogP contribution in [0.3, 0.4) is 0 Å². The van der Waals surface area contributed by atoms with Gasteiger partial charge in [0.15, 0.2) is 0 Å². The molecule has 0 radical (unpaired) electrons. The van der Waals surface area contributed by atoms with Crippen molar-refractivity contribution in [3.8, 4) is 11.1 Å². The fourth-order valence-corrected chi connectivity index (χ4v) is 2.49. The van der Waals surface area contributed by atoms with Gasteiger partial charge in [0.2, 0.25) is 0 Å². The summed E-state index contributed by atoms with van der Waals surface area (Å²) >= 11 is 0. The van der Waals surface area contributed by atoms with Crippen molar-refractivity contribution >= 4 is 16.8 Å². The third-order valence-electron chi connectivity index (χ3n) is 3.57. The first-order valence-corrected chi connectivity index (χ1v) is 7.16. The highest BCUT2D eigenvalue weighted by molar-refractivity contribution is 5.96. The highest BCUT2D eigenvalue weighted by atomic mass is 14.1. The number of fused-ring (bicyclic) bond motifs is 1. The minimum atomic E-state index is 1.06. The molecule has 0 heterocycles. The molecule has 0 aliphatic carbocycles. The van der Waals surface area contributed by atoms with Crippen LogP contribution in [0.2, 0.25) is 0 Å². The van der Waals surface area contributed by atoms with E-state index < -0.39 is 0 Å². The zero-order valence-electron chi connectivity index (χ0n) is 12.2. The van der Waals surface area contributed by atoms with E-state index in [1.807, 2.05) is 13.0 Å². The average Bonchev–Trinajstić information content (AvgIpc) is 2.53. The second kappa shape index (κ2) is 5.80. The van der Waals surface area contributed by atoms with Gasteiger partial charge in [0.25, 0.3) is 0 Å². The van der Waals surface area contributed by atoms with Crippen molar-refractivity contribution in [1.29, 1.82) is 0 Å². The molecule has 102 valence electrons. The Hall–Kier alpha value is -2.60. The lowest BCUT2D eigenvalue weighted by Gasteiger charge is -2.07. The molecular formula is C21H18. The fourth-order valence-electron chi connectivity index (χ4n) is 2.49. The van der Waals surface area contributed by atoms with Gasteiger partial charge in [-0.3, -0.25) is 0 Å². The molecule has 0 heteroatoms. The number of hydrogen-bond donors (Lipinski definition) is 0. The summed E-state index contributed by atoms with van der Waals surface area (Å²) in [6.07, 6.45) is 4.13. The van der Waals surface area contributed by atoms with Crippen molar-refractivity contribution in [2.24, 2.45) is 0 Å². The molecule has 0 bridgehead atoms. The van der Waals surface area contributed by atoms with Gasteiger partial charge in [-0.25, -0.2) is 0 Å². The van der Waals surface area contributed by atoms with Gasteiger partial charge in [0, 0.05) is 0 Å². The zero-order chi connectivity index (χ0) is 14.7. The first-order chi connectivity index (χ1) is 10.2. The second-order valence-electron chi connectivity index (χ2n) is 5.33. The molecule has 0 spiro atoms. The number of benzene rings is 3. The Morgan fingerprint density at radius 1 is 0.857 bits per heavy atom. The van der Waals surface area contributed by atoms with E-state index >= 15 is 0 Å². The Labute approximate surface area is 126 Å². The van der Waals surface area contributed by atoms with Crippen molar-refractivity contribution in [2.45, 2.75) is 6.92 Å². The summed E-state index contributed by atoms with van der Waals surface area (Å²) in [5.41, 5.74) is 4.79. The van der Waals surface area contributed by atoms with Crippen molar-refractivity contribution in [3.63, 3.8) is 0 Å². The van der Waals surface area contributed by atoms with Gasteiger partial charge < -0.3 is 0 Å². The Morgan fingerprint density at radius 3 is 2.33 bits per heavy atom. The molecule has 0 unspecified atom stereocenters. The Morgan fingerprint density at radius 2 is 1.57 bits per heavy atom. The van der Waals surface area contributed by atoms with Gasteiger partial charge in [-0.1, -0.05) is 91.0 Å². The number of allylic oxidation sites excluding steroid dienone is 2. The maximum Gasteiger partial charge on any atom is -0.0105 e. The van der Waals surface area contributed by atoms with E-state index in [4.69, 9.17) is 0 Å². The first kappa shape index (κ1) is 13.4. The lowest BCUT2D eigenvalue weighted by molar-refractivity contribution is 1.56. The summed E-state index contributed by atoms with van der Waals surface area (Å²) in [6.45, 7) is 5.88. The molecule has 0 nitrogen and oxygen atoms in total. The second-order valence-corrected chi connectivity index (χ2v) is 5.33. The molecule has 21 heavy (non-hydrogen) atoms. The van der Waals surface area contributed by atoms with E-state index in [-0.39, 0.29) is 0 Å². The summed E-state index contributed by atoms with van der Waals surface area (Å²) < 4.78 is 0. The smallest absolute Gasteiger partial charge is 0.0105 e. The van der Waals surface area contributed by atoms with Gasteiger partial charge in [0.1, 0.15) is 0 Å². The fraction of sp³-hybridized carbons (Fsp3) is 0.0476. The highest BCUT2D eigenvalue weighted by Crippen LogP contribution is 2.28. The van der Waals surface area contributed by atoms with E-state index in [0.717, 1.165) is 5.57 Å². The van der Waals surface area contributed by atoms with Crippen LogP contribution >= 0.6 is 0 Å². The lowest BCUT2D eigenvalue weighted by atomic mass is 9.97. The van der Waals surface area contributed by atoms with Crippen molar-refractivity contribution in [1.82, 2.24) is 0 Å². The monoisotopic (exact) mass is 270 g/mol. The van der Waals surface area contributed by atoms with Crippen LogP contribution in [0.25, 0.3) is 28.0 Å². The quantitative estimate of drug-likeness (QED) is 0.505. The zero-order valence-corrected chi connectivity index (χ0v) is 12.2. The standard InChI is InChI=1S/C21H18/c1-16(2)10-11-17-12-14-19(15-13-17)21-9-5-7-18-6-3-4-8-20(18)21/h3-15H,1H2,2H3. The van der Waals surface area contributed by atoms with Gasteiger partial charge in [-0.15, -0.1) is 0 Å². The molecule has 0 amide bonds. The largest absolute Gasteiger partial charge is 0.0961 e. The van der Waals surface area contributed by atoms with Crippen molar-refractivity contribution in [2.75, 3.05) is 0 Å². The van der Waals surface area contributed by atoms with E-state index in [2.05, 4.69) is 79.4 Å². The maximum absolute atomic E-state index is 3.88. The Kier molecular flexibility index (Phi) is 3.70. The third-order valence-corrected chi connectivity index (χ3v) is 3.57. The summed E-state index contributed by atoms with van der Waals surface area (Å²) in [5, 5.41) is 2.58. The lowest BCUT2D eigenvalue weighted by Crippen LogP contribution is -1.81. The molecule has 0 atom stereocenters. The van der Waals surface area contributed by atoms with Gasteiger partial charge >= 0.3 is 0 Å².